The lowest BCUT2D eigenvalue weighted by Gasteiger charge is -2.22. The molecule has 4 aromatic carbocycles. The Morgan fingerprint density at radius 3 is 2.22 bits per heavy atom. The molecule has 0 radical (unpaired) electrons. The summed E-state index contributed by atoms with van der Waals surface area (Å²) in [6.45, 7) is 3.03. The van der Waals surface area contributed by atoms with Crippen molar-refractivity contribution in [3.8, 4) is 11.5 Å². The smallest absolute Gasteiger partial charge is 0.119 e. The van der Waals surface area contributed by atoms with E-state index in [1.54, 1.807) is 7.11 Å². The lowest BCUT2D eigenvalue weighted by Crippen LogP contribution is -2.26. The Hall–Kier alpha value is -3.34. The number of hydrogen-bond acceptors (Lipinski definition) is 4. The summed E-state index contributed by atoms with van der Waals surface area (Å²) in [6.07, 6.45) is 4.57. The molecule has 0 amide bonds. The fourth-order valence-corrected chi connectivity index (χ4v) is 4.55. The highest BCUT2D eigenvalue weighted by Gasteiger charge is 2.09. The van der Waals surface area contributed by atoms with Crippen LogP contribution in [0.25, 0.3) is 10.8 Å². The SMILES string of the molecule is COc1cccc(CN(CCO)Cc2ccc3cc(OCCCCCc4ccccc4)ccc3c2)c1. The fourth-order valence-electron chi connectivity index (χ4n) is 4.55. The lowest BCUT2D eigenvalue weighted by molar-refractivity contribution is 0.184. The van der Waals surface area contributed by atoms with E-state index in [0.717, 1.165) is 44.0 Å². The largest absolute Gasteiger partial charge is 0.497 e. The van der Waals surface area contributed by atoms with Crippen molar-refractivity contribution < 1.29 is 14.6 Å². The van der Waals surface area contributed by atoms with Crippen LogP contribution in [-0.4, -0.2) is 36.9 Å². The van der Waals surface area contributed by atoms with E-state index in [1.807, 2.05) is 12.1 Å². The van der Waals surface area contributed by atoms with Gasteiger partial charge in [-0.15, -0.1) is 0 Å². The van der Waals surface area contributed by atoms with Gasteiger partial charge in [-0.1, -0.05) is 60.7 Å². The summed E-state index contributed by atoms with van der Waals surface area (Å²) in [6, 6.07) is 31.7. The van der Waals surface area contributed by atoms with Crippen LogP contribution in [0.1, 0.15) is 36.0 Å². The van der Waals surface area contributed by atoms with Crippen LogP contribution in [0.2, 0.25) is 0 Å². The van der Waals surface area contributed by atoms with Crippen molar-refractivity contribution in [2.45, 2.75) is 38.8 Å². The van der Waals surface area contributed by atoms with Gasteiger partial charge in [-0.3, -0.25) is 4.90 Å². The van der Waals surface area contributed by atoms with Crippen molar-refractivity contribution >= 4 is 10.8 Å². The van der Waals surface area contributed by atoms with E-state index in [1.165, 1.54) is 40.3 Å². The van der Waals surface area contributed by atoms with Crippen LogP contribution in [0.5, 0.6) is 11.5 Å². The van der Waals surface area contributed by atoms with Crippen molar-refractivity contribution in [1.82, 2.24) is 4.90 Å². The van der Waals surface area contributed by atoms with E-state index >= 15 is 0 Å². The highest BCUT2D eigenvalue weighted by molar-refractivity contribution is 5.84. The molecule has 0 aliphatic rings. The number of unbranched alkanes of at least 4 members (excludes halogenated alkanes) is 2. The van der Waals surface area contributed by atoms with E-state index < -0.39 is 0 Å². The molecule has 188 valence electrons. The third kappa shape index (κ3) is 7.84. The second-order valence-corrected chi connectivity index (χ2v) is 9.27. The summed E-state index contributed by atoms with van der Waals surface area (Å²) in [7, 11) is 1.68. The number of hydrogen-bond donors (Lipinski definition) is 1. The second kappa shape index (κ2) is 13.7. The third-order valence-corrected chi connectivity index (χ3v) is 6.46. The Bertz CT molecular complexity index is 1210. The van der Waals surface area contributed by atoms with Gasteiger partial charge >= 0.3 is 0 Å². The summed E-state index contributed by atoms with van der Waals surface area (Å²) in [5, 5.41) is 12.0. The molecule has 0 heterocycles. The average Bonchev–Trinajstić information content (AvgIpc) is 2.91. The molecular formula is C32H37NO3. The molecule has 0 saturated carbocycles. The Kier molecular flexibility index (Phi) is 9.78. The number of methoxy groups -OCH3 is 1. The van der Waals surface area contributed by atoms with Crippen LogP contribution in [0.3, 0.4) is 0 Å². The van der Waals surface area contributed by atoms with E-state index in [-0.39, 0.29) is 6.61 Å². The third-order valence-electron chi connectivity index (χ3n) is 6.46. The molecule has 0 saturated heterocycles. The number of ether oxygens (including phenoxy) is 2. The van der Waals surface area contributed by atoms with Gasteiger partial charge in [-0.2, -0.15) is 0 Å². The number of nitrogens with zero attached hydrogens (tertiary/aromatic N) is 1. The minimum absolute atomic E-state index is 0.129. The van der Waals surface area contributed by atoms with Crippen LogP contribution in [0.4, 0.5) is 0 Å². The van der Waals surface area contributed by atoms with E-state index in [9.17, 15) is 5.11 Å². The van der Waals surface area contributed by atoms with Gasteiger partial charge < -0.3 is 14.6 Å². The van der Waals surface area contributed by atoms with Crippen LogP contribution >= 0.6 is 0 Å². The van der Waals surface area contributed by atoms with Gasteiger partial charge in [0.2, 0.25) is 0 Å². The summed E-state index contributed by atoms with van der Waals surface area (Å²) >= 11 is 0. The molecule has 0 atom stereocenters. The van der Waals surface area contributed by atoms with Gasteiger partial charge in [0.25, 0.3) is 0 Å². The standard InChI is InChI=1S/C32H37NO3/c1-35-31-13-8-12-27(22-31)24-33(18-19-34)25-28-14-15-30-23-32(17-16-29(30)21-28)36-20-7-3-6-11-26-9-4-2-5-10-26/h2,4-5,8-10,12-17,21-23,34H,3,6-7,11,18-20,24-25H2,1H3. The zero-order valence-corrected chi connectivity index (χ0v) is 21.2. The molecule has 0 unspecified atom stereocenters. The first-order valence-electron chi connectivity index (χ1n) is 12.9. The predicted molar refractivity (Wildman–Crippen MR) is 148 cm³/mol. The minimum Gasteiger partial charge on any atom is -0.497 e. The minimum atomic E-state index is 0.129. The zero-order chi connectivity index (χ0) is 25.0. The highest BCUT2D eigenvalue weighted by Crippen LogP contribution is 2.24. The maximum Gasteiger partial charge on any atom is 0.119 e. The van der Waals surface area contributed by atoms with Crippen molar-refractivity contribution in [1.29, 1.82) is 0 Å². The molecule has 0 spiro atoms. The monoisotopic (exact) mass is 483 g/mol. The summed E-state index contributed by atoms with van der Waals surface area (Å²) in [5.41, 5.74) is 3.81. The normalized spacial score (nSPS) is 11.2. The molecule has 4 rings (SSSR count). The number of fused-ring (bicyclic) bond motifs is 1. The predicted octanol–water partition coefficient (Wildman–Crippen LogP) is 6.63. The molecule has 0 aromatic heterocycles. The van der Waals surface area contributed by atoms with Gasteiger partial charge in [0.05, 0.1) is 20.3 Å². The first-order valence-corrected chi connectivity index (χ1v) is 12.9. The first kappa shape index (κ1) is 25.7. The van der Waals surface area contributed by atoms with Crippen molar-refractivity contribution in [3.63, 3.8) is 0 Å². The quantitative estimate of drug-likeness (QED) is 0.204. The summed E-state index contributed by atoms with van der Waals surface area (Å²) < 4.78 is 11.4. The average molecular weight is 484 g/mol. The van der Waals surface area contributed by atoms with E-state index in [0.29, 0.717) is 6.54 Å². The van der Waals surface area contributed by atoms with Gasteiger partial charge in [-0.25, -0.2) is 0 Å². The van der Waals surface area contributed by atoms with Crippen LogP contribution < -0.4 is 9.47 Å². The lowest BCUT2D eigenvalue weighted by atomic mass is 10.1. The van der Waals surface area contributed by atoms with Crippen LogP contribution in [-0.2, 0) is 19.5 Å². The Morgan fingerprint density at radius 2 is 1.42 bits per heavy atom. The molecule has 4 heteroatoms. The van der Waals surface area contributed by atoms with Gasteiger partial charge in [0.15, 0.2) is 0 Å². The molecule has 4 aromatic rings. The van der Waals surface area contributed by atoms with Crippen LogP contribution in [0.15, 0.2) is 91.0 Å². The van der Waals surface area contributed by atoms with E-state index in [2.05, 4.69) is 83.8 Å². The van der Waals surface area contributed by atoms with E-state index in [4.69, 9.17) is 9.47 Å². The molecular weight excluding hydrogens is 446 g/mol. The molecule has 36 heavy (non-hydrogen) atoms. The molecule has 0 fully saturated rings. The molecule has 1 N–H and O–H groups in total. The van der Waals surface area contributed by atoms with Gasteiger partial charge in [0.1, 0.15) is 11.5 Å². The maximum absolute atomic E-state index is 9.59. The number of benzene rings is 4. The van der Waals surface area contributed by atoms with Crippen molar-refractivity contribution in [3.05, 3.63) is 108 Å². The number of aliphatic hydroxyl groups excluding tert-OH is 1. The molecule has 4 nitrogen and oxygen atoms in total. The van der Waals surface area contributed by atoms with Crippen molar-refractivity contribution in [2.75, 3.05) is 26.9 Å². The first-order chi connectivity index (χ1) is 17.7. The number of rotatable bonds is 14. The maximum atomic E-state index is 9.59. The highest BCUT2D eigenvalue weighted by atomic mass is 16.5. The molecule has 0 aliphatic heterocycles. The van der Waals surface area contributed by atoms with Crippen molar-refractivity contribution in [2.24, 2.45) is 0 Å². The Morgan fingerprint density at radius 1 is 0.667 bits per heavy atom. The Balaban J connectivity index is 1.28. The zero-order valence-electron chi connectivity index (χ0n) is 21.2. The number of aryl methyl sites for hydroxylation is 1. The number of aliphatic hydroxyl groups is 1. The van der Waals surface area contributed by atoms with Gasteiger partial charge in [0, 0.05) is 19.6 Å². The summed E-state index contributed by atoms with van der Waals surface area (Å²) in [5.74, 6) is 1.78. The summed E-state index contributed by atoms with van der Waals surface area (Å²) in [4.78, 5) is 2.26. The fraction of sp³-hybridized carbons (Fsp3) is 0.312. The topological polar surface area (TPSA) is 41.9 Å². The Labute approximate surface area is 215 Å². The molecule has 0 bridgehead atoms. The van der Waals surface area contributed by atoms with Crippen LogP contribution in [0, 0.1) is 0 Å². The second-order valence-electron chi connectivity index (χ2n) is 9.27. The van der Waals surface area contributed by atoms with Gasteiger partial charge in [-0.05, 0) is 83.5 Å². The molecule has 0 aliphatic carbocycles.